The molecule has 2 heteroatoms. The topological polar surface area (TPSA) is 13.1 Å². The van der Waals surface area contributed by atoms with Gasteiger partial charge in [0.05, 0.1) is 0 Å². The van der Waals surface area contributed by atoms with Crippen molar-refractivity contribution in [3.8, 4) is 0 Å². The van der Waals surface area contributed by atoms with Crippen molar-refractivity contribution < 1.29 is 4.42 Å². The van der Waals surface area contributed by atoms with Crippen LogP contribution < -0.4 is 0 Å². The summed E-state index contributed by atoms with van der Waals surface area (Å²) in [5.41, 5.74) is 4.73. The average molecular weight is 299 g/mol. The van der Waals surface area contributed by atoms with Crippen LogP contribution in [0.25, 0.3) is 30.5 Å². The molecule has 4 rings (SSSR count). The normalized spacial score (nSPS) is 11.9. The van der Waals surface area contributed by atoms with Crippen LogP contribution in [0.5, 0.6) is 0 Å². The van der Waals surface area contributed by atoms with Gasteiger partial charge in [-0.2, -0.15) is 0 Å². The van der Waals surface area contributed by atoms with Gasteiger partial charge in [0.15, 0.2) is 0 Å². The van der Waals surface area contributed by atoms with E-state index in [9.17, 15) is 0 Å². The molecule has 0 unspecified atom stereocenters. The Kier molecular flexibility index (Phi) is 2.03. The molecule has 0 aliphatic carbocycles. The summed E-state index contributed by atoms with van der Waals surface area (Å²) in [6, 6.07) is 13.2. The van der Waals surface area contributed by atoms with Crippen LogP contribution in [-0.2, 0) is 0 Å². The Hall–Kier alpha value is -1.50. The summed E-state index contributed by atoms with van der Waals surface area (Å²) in [6.07, 6.45) is 0. The van der Waals surface area contributed by atoms with Crippen molar-refractivity contribution in [1.29, 1.82) is 0 Å². The molecule has 2 heterocycles. The van der Waals surface area contributed by atoms with Gasteiger partial charge in [0.2, 0.25) is 0 Å². The average Bonchev–Trinajstić information content (AvgIpc) is 2.83. The van der Waals surface area contributed by atoms with E-state index in [0.717, 1.165) is 11.2 Å². The number of furan rings is 1. The van der Waals surface area contributed by atoms with E-state index in [2.05, 4.69) is 50.2 Å². The predicted octanol–water partition coefficient (Wildman–Crippen LogP) is 4.41. The van der Waals surface area contributed by atoms with E-state index in [1.165, 1.54) is 30.4 Å². The predicted molar refractivity (Wildman–Crippen MR) is 77.6 cm³/mol. The molecule has 0 N–H and O–H groups in total. The van der Waals surface area contributed by atoms with Crippen LogP contribution >= 0.6 is 0 Å². The number of hydrogen-bond donors (Lipinski definition) is 0. The minimum absolute atomic E-state index is 0.386. The van der Waals surface area contributed by atoms with Crippen molar-refractivity contribution in [3.63, 3.8) is 0 Å². The van der Waals surface area contributed by atoms with Gasteiger partial charge in [-0.05, 0) is 0 Å². The van der Waals surface area contributed by atoms with Crippen molar-refractivity contribution in [2.75, 3.05) is 0 Å². The summed E-state index contributed by atoms with van der Waals surface area (Å²) >= 11 is 0.386. The summed E-state index contributed by atoms with van der Waals surface area (Å²) in [7, 11) is 0. The Balaban J connectivity index is 2.23. The number of rotatable bonds is 0. The van der Waals surface area contributed by atoms with Crippen molar-refractivity contribution >= 4 is 45.0 Å². The van der Waals surface area contributed by atoms with Crippen LogP contribution in [0.3, 0.4) is 0 Å². The molecule has 2 aromatic heterocycles. The van der Waals surface area contributed by atoms with Crippen molar-refractivity contribution in [2.24, 2.45) is 0 Å². The monoisotopic (exact) mass is 300 g/mol. The first-order chi connectivity index (χ1) is 8.72. The van der Waals surface area contributed by atoms with Gasteiger partial charge in [-0.15, -0.1) is 0 Å². The molecule has 0 radical (unpaired) electrons. The summed E-state index contributed by atoms with van der Waals surface area (Å²) in [6.45, 7) is 4.26. The summed E-state index contributed by atoms with van der Waals surface area (Å²) in [5.74, 6) is 0. The Bertz CT molecular complexity index is 820. The maximum atomic E-state index is 6.07. The Morgan fingerprint density at radius 3 is 2.44 bits per heavy atom. The van der Waals surface area contributed by atoms with E-state index in [1.54, 1.807) is 0 Å². The van der Waals surface area contributed by atoms with Crippen molar-refractivity contribution in [1.82, 2.24) is 0 Å². The molecule has 88 valence electrons. The second kappa shape index (κ2) is 3.50. The molecule has 18 heavy (non-hydrogen) atoms. The third kappa shape index (κ3) is 1.33. The van der Waals surface area contributed by atoms with Crippen LogP contribution in [0.1, 0.15) is 11.1 Å². The van der Waals surface area contributed by atoms with Gasteiger partial charge in [-0.1, -0.05) is 0 Å². The van der Waals surface area contributed by atoms with Crippen LogP contribution in [0.4, 0.5) is 0 Å². The number of aryl methyl sites for hydroxylation is 2. The van der Waals surface area contributed by atoms with E-state index >= 15 is 0 Å². The number of fused-ring (bicyclic) bond motifs is 5. The van der Waals surface area contributed by atoms with E-state index in [-0.39, 0.29) is 0 Å². The molecule has 0 atom stereocenters. The first-order valence-corrected chi connectivity index (χ1v) is 7.76. The van der Waals surface area contributed by atoms with E-state index < -0.39 is 0 Å². The van der Waals surface area contributed by atoms with Gasteiger partial charge in [0, 0.05) is 0 Å². The molecule has 0 aliphatic heterocycles. The fourth-order valence-electron chi connectivity index (χ4n) is 2.47. The van der Waals surface area contributed by atoms with Gasteiger partial charge in [-0.25, -0.2) is 0 Å². The summed E-state index contributed by atoms with van der Waals surface area (Å²) in [5, 5.41) is 2.59. The van der Waals surface area contributed by atoms with Gasteiger partial charge in [0.25, 0.3) is 0 Å². The Labute approximate surface area is 111 Å². The number of hydrogen-bond acceptors (Lipinski definition) is 1. The molecule has 2 aromatic carbocycles. The molecule has 0 saturated heterocycles. The first-order valence-electron chi connectivity index (χ1n) is 6.04. The first kappa shape index (κ1) is 10.4. The molecule has 0 fully saturated rings. The molecule has 0 aliphatic rings. The molecule has 1 nitrogen and oxygen atoms in total. The zero-order valence-corrected chi connectivity index (χ0v) is 12.0. The van der Waals surface area contributed by atoms with Crippen LogP contribution in [-0.4, -0.2) is 14.5 Å². The SMILES string of the molecule is Cc1ccc2c(c1)oc1c3ccc(C)cc3[se]c21. The van der Waals surface area contributed by atoms with Gasteiger partial charge < -0.3 is 0 Å². The zero-order chi connectivity index (χ0) is 12.3. The second-order valence-corrected chi connectivity index (χ2v) is 7.07. The van der Waals surface area contributed by atoms with Crippen LogP contribution in [0, 0.1) is 13.8 Å². The molecule has 0 bridgehead atoms. The number of benzene rings is 2. The minimum atomic E-state index is 0.386. The fraction of sp³-hybridized carbons (Fsp3) is 0.125. The molecule has 0 amide bonds. The molecule has 4 aromatic rings. The third-order valence-corrected chi connectivity index (χ3v) is 5.84. The van der Waals surface area contributed by atoms with E-state index in [0.29, 0.717) is 14.5 Å². The summed E-state index contributed by atoms with van der Waals surface area (Å²) < 4.78 is 8.95. The van der Waals surface area contributed by atoms with Gasteiger partial charge in [-0.3, -0.25) is 0 Å². The summed E-state index contributed by atoms with van der Waals surface area (Å²) in [4.78, 5) is 0. The third-order valence-electron chi connectivity index (χ3n) is 3.39. The molecular formula is C16H12OSe. The second-order valence-electron chi connectivity index (χ2n) is 4.86. The maximum absolute atomic E-state index is 6.07. The van der Waals surface area contributed by atoms with Crippen LogP contribution in [0.15, 0.2) is 40.8 Å². The zero-order valence-electron chi connectivity index (χ0n) is 10.3. The Morgan fingerprint density at radius 1 is 0.889 bits per heavy atom. The Morgan fingerprint density at radius 2 is 1.61 bits per heavy atom. The fourth-order valence-corrected chi connectivity index (χ4v) is 5.11. The standard InChI is InChI=1S/C16H12OSe/c1-9-3-5-11-13(7-9)17-15-12-6-4-10(2)8-14(12)18-16(11)15/h3-8H,1-2H3. The van der Waals surface area contributed by atoms with E-state index in [4.69, 9.17) is 4.42 Å². The van der Waals surface area contributed by atoms with Gasteiger partial charge >= 0.3 is 111 Å². The quantitative estimate of drug-likeness (QED) is 0.438. The van der Waals surface area contributed by atoms with E-state index in [1.807, 2.05) is 0 Å². The van der Waals surface area contributed by atoms with Crippen molar-refractivity contribution in [2.45, 2.75) is 13.8 Å². The van der Waals surface area contributed by atoms with Crippen molar-refractivity contribution in [3.05, 3.63) is 47.5 Å². The van der Waals surface area contributed by atoms with Crippen LogP contribution in [0.2, 0.25) is 0 Å². The molecule has 0 spiro atoms. The molecular weight excluding hydrogens is 287 g/mol. The van der Waals surface area contributed by atoms with Gasteiger partial charge in [0.1, 0.15) is 0 Å². The molecule has 0 saturated carbocycles.